The Bertz CT molecular complexity index is 201. The van der Waals surface area contributed by atoms with Gasteiger partial charge < -0.3 is 4.72 Å². The second-order valence-electron chi connectivity index (χ2n) is 4.43. The van der Waals surface area contributed by atoms with E-state index in [1.807, 2.05) is 34.6 Å². The molecule has 0 heterocycles. The van der Waals surface area contributed by atoms with E-state index >= 15 is 0 Å². The molecule has 0 aromatic rings. The zero-order chi connectivity index (χ0) is 10.9. The Morgan fingerprint density at radius 2 is 1.69 bits per heavy atom. The van der Waals surface area contributed by atoms with E-state index in [0.717, 1.165) is 0 Å². The van der Waals surface area contributed by atoms with Crippen LogP contribution in [0.25, 0.3) is 0 Å². The normalized spacial score (nSPS) is 15.2. The van der Waals surface area contributed by atoms with E-state index in [1.165, 1.54) is 0 Å². The number of nitrogens with one attached hydrogen (secondary N) is 1. The van der Waals surface area contributed by atoms with Gasteiger partial charge in [-0.3, -0.25) is 0 Å². The van der Waals surface area contributed by atoms with Crippen molar-refractivity contribution in [3.8, 4) is 0 Å². The summed E-state index contributed by atoms with van der Waals surface area (Å²) in [6.45, 7) is 13.0. The van der Waals surface area contributed by atoms with Crippen molar-refractivity contribution >= 4 is 22.6 Å². The summed E-state index contributed by atoms with van der Waals surface area (Å²) in [5, 5.41) is 0. The maximum atomic E-state index is 11.6. The highest BCUT2D eigenvalue weighted by Crippen LogP contribution is 2.21. The monoisotopic (exact) mass is 223 g/mol. The van der Waals surface area contributed by atoms with Crippen molar-refractivity contribution < 1.29 is 4.21 Å². The second kappa shape index (κ2) is 4.01. The lowest BCUT2D eigenvalue weighted by Crippen LogP contribution is -2.37. The molecule has 0 bridgehead atoms. The first-order chi connectivity index (χ1) is 5.55. The molecule has 0 aliphatic rings. The minimum Gasteiger partial charge on any atom is -0.307 e. The molecule has 0 aromatic heterocycles. The average molecular weight is 224 g/mol. The lowest BCUT2D eigenvalue weighted by atomic mass is 10.1. The van der Waals surface area contributed by atoms with Crippen LogP contribution in [0.3, 0.4) is 0 Å². The maximum Gasteiger partial charge on any atom is 0.122 e. The largest absolute Gasteiger partial charge is 0.307 e. The van der Waals surface area contributed by atoms with Crippen molar-refractivity contribution in [2.75, 3.05) is 0 Å². The minimum atomic E-state index is -1.15. The van der Waals surface area contributed by atoms with Gasteiger partial charge in [0.25, 0.3) is 0 Å². The summed E-state index contributed by atoms with van der Waals surface area (Å²) in [6, 6.07) is 0. The molecule has 0 unspecified atom stereocenters. The molecule has 0 aliphatic heterocycles. The van der Waals surface area contributed by atoms with E-state index in [-0.39, 0.29) is 4.75 Å². The van der Waals surface area contributed by atoms with E-state index in [1.54, 1.807) is 0 Å². The lowest BCUT2D eigenvalue weighted by molar-refractivity contribution is 0.636. The summed E-state index contributed by atoms with van der Waals surface area (Å²) < 4.78 is 14.1. The summed E-state index contributed by atoms with van der Waals surface area (Å²) in [5.41, 5.74) is 0.586. The molecular weight excluding hydrogens is 206 g/mol. The van der Waals surface area contributed by atoms with Gasteiger partial charge in [-0.15, -0.1) is 11.6 Å². The van der Waals surface area contributed by atoms with Crippen LogP contribution >= 0.6 is 11.6 Å². The number of allylic oxidation sites excluding steroid dienone is 1. The molecule has 0 radical (unpaired) electrons. The molecule has 13 heavy (non-hydrogen) atoms. The topological polar surface area (TPSA) is 29.1 Å². The highest BCUT2D eigenvalue weighted by molar-refractivity contribution is 7.84. The van der Waals surface area contributed by atoms with Gasteiger partial charge in [-0.25, -0.2) is 4.21 Å². The Balaban J connectivity index is 4.34. The Labute approximate surface area is 88.3 Å². The van der Waals surface area contributed by atoms with Gasteiger partial charge in [0.05, 0.1) is 9.62 Å². The molecule has 0 fully saturated rings. The summed E-state index contributed by atoms with van der Waals surface area (Å²) in [6.07, 6.45) is 0. The van der Waals surface area contributed by atoms with Crippen molar-refractivity contribution in [1.29, 1.82) is 0 Å². The summed E-state index contributed by atoms with van der Waals surface area (Å²) in [4.78, 5) is -0.569. The number of hydrogen-bond acceptors (Lipinski definition) is 1. The molecule has 4 heteroatoms. The molecule has 0 saturated heterocycles. The van der Waals surface area contributed by atoms with Crippen LogP contribution in [0.2, 0.25) is 0 Å². The first-order valence-corrected chi connectivity index (χ1v) is 5.65. The van der Waals surface area contributed by atoms with Gasteiger partial charge in [-0.1, -0.05) is 6.58 Å². The van der Waals surface area contributed by atoms with E-state index in [0.29, 0.717) is 5.70 Å². The van der Waals surface area contributed by atoms with Crippen molar-refractivity contribution in [3.63, 3.8) is 0 Å². The van der Waals surface area contributed by atoms with E-state index < -0.39 is 15.9 Å². The average Bonchev–Trinajstić information content (AvgIpc) is 1.82. The molecule has 1 atom stereocenters. The van der Waals surface area contributed by atoms with Gasteiger partial charge in [0.2, 0.25) is 0 Å². The fourth-order valence-electron chi connectivity index (χ4n) is 0.386. The van der Waals surface area contributed by atoms with Crippen molar-refractivity contribution in [1.82, 2.24) is 4.72 Å². The van der Waals surface area contributed by atoms with Crippen LogP contribution in [0.15, 0.2) is 12.3 Å². The molecule has 1 N–H and O–H groups in total. The maximum absolute atomic E-state index is 11.6. The number of halogens is 1. The van der Waals surface area contributed by atoms with Crippen LogP contribution in [0.4, 0.5) is 0 Å². The van der Waals surface area contributed by atoms with Gasteiger partial charge >= 0.3 is 0 Å². The quantitative estimate of drug-likeness (QED) is 0.733. The Morgan fingerprint density at radius 1 is 1.31 bits per heavy atom. The van der Waals surface area contributed by atoms with Crippen LogP contribution in [0, 0.1) is 0 Å². The first-order valence-electron chi connectivity index (χ1n) is 4.12. The van der Waals surface area contributed by atoms with Gasteiger partial charge in [0.15, 0.2) is 0 Å². The van der Waals surface area contributed by atoms with Crippen LogP contribution in [-0.4, -0.2) is 13.8 Å². The molecule has 78 valence electrons. The molecule has 0 spiro atoms. The van der Waals surface area contributed by atoms with E-state index in [9.17, 15) is 4.21 Å². The molecule has 0 aliphatic carbocycles. The molecular formula is C9H18ClNOS. The predicted octanol–water partition coefficient (Wildman–Crippen LogP) is 2.57. The smallest absolute Gasteiger partial charge is 0.122 e. The first kappa shape index (κ1) is 13.0. The Hall–Kier alpha value is -0.0200. The predicted molar refractivity (Wildman–Crippen MR) is 60.1 cm³/mol. The summed E-state index contributed by atoms with van der Waals surface area (Å²) in [5.74, 6) is 0. The zero-order valence-electron chi connectivity index (χ0n) is 8.90. The Kier molecular flexibility index (Phi) is 4.00. The molecule has 0 rings (SSSR count). The summed E-state index contributed by atoms with van der Waals surface area (Å²) >= 11 is 5.98. The Morgan fingerprint density at radius 3 is 1.92 bits per heavy atom. The highest BCUT2D eigenvalue weighted by Gasteiger charge is 2.24. The third-order valence-electron chi connectivity index (χ3n) is 1.49. The molecule has 0 saturated carbocycles. The molecule has 0 amide bonds. The molecule has 2 nitrogen and oxygen atoms in total. The standard InChI is InChI=1S/C9H18ClNOS/c1-7(9(5,6)10)11-13(12)8(2,3)4/h11H,1H2,2-6H3/t13-/m1/s1. The van der Waals surface area contributed by atoms with E-state index in [2.05, 4.69) is 11.3 Å². The zero-order valence-corrected chi connectivity index (χ0v) is 10.5. The van der Waals surface area contributed by atoms with Crippen molar-refractivity contribution in [2.24, 2.45) is 0 Å². The highest BCUT2D eigenvalue weighted by atomic mass is 35.5. The van der Waals surface area contributed by atoms with Gasteiger partial charge in [-0.2, -0.15) is 0 Å². The fourth-order valence-corrected chi connectivity index (χ4v) is 1.27. The second-order valence-corrected chi connectivity index (χ2v) is 7.35. The van der Waals surface area contributed by atoms with Gasteiger partial charge in [0.1, 0.15) is 11.0 Å². The molecule has 0 aromatic carbocycles. The van der Waals surface area contributed by atoms with Crippen LogP contribution in [0.5, 0.6) is 0 Å². The van der Waals surface area contributed by atoms with Crippen LogP contribution in [0.1, 0.15) is 34.6 Å². The van der Waals surface area contributed by atoms with Crippen molar-refractivity contribution in [2.45, 2.75) is 44.2 Å². The van der Waals surface area contributed by atoms with E-state index in [4.69, 9.17) is 11.6 Å². The lowest BCUT2D eigenvalue weighted by Gasteiger charge is -2.25. The van der Waals surface area contributed by atoms with Crippen molar-refractivity contribution in [3.05, 3.63) is 12.3 Å². The fraction of sp³-hybridized carbons (Fsp3) is 0.778. The number of rotatable bonds is 3. The van der Waals surface area contributed by atoms with Crippen LogP contribution < -0.4 is 4.72 Å². The number of alkyl halides is 1. The summed E-state index contributed by atoms with van der Waals surface area (Å²) in [7, 11) is -1.15. The SMILES string of the molecule is C=C(N[S@](=O)C(C)(C)C)C(C)(C)Cl. The third-order valence-corrected chi connectivity index (χ3v) is 3.26. The van der Waals surface area contributed by atoms with Gasteiger partial charge in [0, 0.05) is 5.70 Å². The van der Waals surface area contributed by atoms with Gasteiger partial charge in [-0.05, 0) is 34.6 Å². The van der Waals surface area contributed by atoms with Crippen LogP contribution in [-0.2, 0) is 11.0 Å². The minimum absolute atomic E-state index is 0.301. The number of hydrogen-bond donors (Lipinski definition) is 1. The third kappa shape index (κ3) is 4.67.